The minimum absolute atomic E-state index is 0.0736. The highest BCUT2D eigenvalue weighted by atomic mass is 32.2. The Morgan fingerprint density at radius 3 is 2.36 bits per heavy atom. The van der Waals surface area contributed by atoms with Crippen molar-refractivity contribution in [3.05, 3.63) is 75.9 Å². The summed E-state index contributed by atoms with van der Waals surface area (Å²) >= 11 is 0.714. The van der Waals surface area contributed by atoms with E-state index < -0.39 is 16.0 Å². The molecule has 0 saturated heterocycles. The van der Waals surface area contributed by atoms with Gasteiger partial charge in [0.1, 0.15) is 0 Å². The molecule has 1 amide bonds. The first kappa shape index (κ1) is 15.7. The fourth-order valence-corrected chi connectivity index (χ4v) is 2.24. The van der Waals surface area contributed by atoms with Gasteiger partial charge in [-0.15, -0.1) is 0 Å². The molecule has 0 fully saturated rings. The molecule has 0 spiro atoms. The van der Waals surface area contributed by atoms with Gasteiger partial charge < -0.3 is 5.32 Å². The first-order chi connectivity index (χ1) is 10.5. The van der Waals surface area contributed by atoms with Gasteiger partial charge in [0, 0.05) is 28.8 Å². The van der Waals surface area contributed by atoms with E-state index in [0.29, 0.717) is 22.3 Å². The van der Waals surface area contributed by atoms with Crippen molar-refractivity contribution in [2.24, 2.45) is 0 Å². The fraction of sp³-hybridized carbons (Fsp3) is 0. The van der Waals surface area contributed by atoms with Crippen LogP contribution in [0.4, 0.5) is 15.8 Å². The van der Waals surface area contributed by atoms with Gasteiger partial charge in [-0.2, -0.15) is 4.39 Å². The zero-order chi connectivity index (χ0) is 15.9. The third-order valence-corrected chi connectivity index (χ3v) is 3.37. The van der Waals surface area contributed by atoms with Gasteiger partial charge in [0.2, 0.25) is 0 Å². The molecule has 0 heterocycles. The summed E-state index contributed by atoms with van der Waals surface area (Å²) in [6.45, 7) is 0. The standard InChI is InChI=1S/C15H11FN2O3S/c16-14(10-15(19)17-11-4-2-1-3-5-11)22-13-8-6-12(7-9-13)18(20)21/h1-10H,(H,17,19). The average molecular weight is 318 g/mol. The van der Waals surface area contributed by atoms with Gasteiger partial charge >= 0.3 is 0 Å². The maximum absolute atomic E-state index is 13.7. The average Bonchev–Trinajstić information content (AvgIpc) is 2.48. The zero-order valence-corrected chi connectivity index (χ0v) is 12.0. The fourth-order valence-electron chi connectivity index (χ4n) is 1.58. The molecule has 22 heavy (non-hydrogen) atoms. The molecular weight excluding hydrogens is 307 g/mol. The molecule has 0 aliphatic heterocycles. The number of thioether (sulfide) groups is 1. The van der Waals surface area contributed by atoms with Crippen LogP contribution in [0.1, 0.15) is 0 Å². The first-order valence-electron chi connectivity index (χ1n) is 6.20. The van der Waals surface area contributed by atoms with E-state index >= 15 is 0 Å². The minimum Gasteiger partial charge on any atom is -0.322 e. The SMILES string of the molecule is O=C(C=C(F)Sc1ccc([N+](=O)[O-])cc1)Nc1ccccc1. The zero-order valence-electron chi connectivity index (χ0n) is 11.2. The number of amides is 1. The number of benzene rings is 2. The highest BCUT2D eigenvalue weighted by Gasteiger charge is 2.07. The van der Waals surface area contributed by atoms with E-state index in [0.717, 1.165) is 6.08 Å². The van der Waals surface area contributed by atoms with E-state index in [1.165, 1.54) is 24.3 Å². The molecule has 0 aromatic heterocycles. The molecule has 0 bridgehead atoms. The Bertz CT molecular complexity index is 702. The topological polar surface area (TPSA) is 72.2 Å². The van der Waals surface area contributed by atoms with Crippen LogP contribution in [0.3, 0.4) is 0 Å². The number of hydrogen-bond donors (Lipinski definition) is 1. The van der Waals surface area contributed by atoms with Gasteiger partial charge in [-0.1, -0.05) is 30.0 Å². The molecule has 0 radical (unpaired) electrons. The summed E-state index contributed by atoms with van der Waals surface area (Å²) in [4.78, 5) is 22.1. The van der Waals surface area contributed by atoms with E-state index in [9.17, 15) is 19.3 Å². The summed E-state index contributed by atoms with van der Waals surface area (Å²) < 4.78 is 13.7. The Labute approximate surface area is 130 Å². The number of nitro groups is 1. The summed E-state index contributed by atoms with van der Waals surface area (Å²) in [5.41, 5.74) is 0.493. The number of carbonyl (C=O) groups excluding carboxylic acids is 1. The molecule has 0 aliphatic carbocycles. The summed E-state index contributed by atoms with van der Waals surface area (Å²) in [6.07, 6.45) is 0.832. The van der Waals surface area contributed by atoms with Crippen LogP contribution in [0.2, 0.25) is 0 Å². The van der Waals surface area contributed by atoms with Gasteiger partial charge in [0.25, 0.3) is 11.6 Å². The third kappa shape index (κ3) is 4.71. The summed E-state index contributed by atoms with van der Waals surface area (Å²) in [7, 11) is 0. The molecule has 0 unspecified atom stereocenters. The molecule has 2 aromatic rings. The molecule has 1 N–H and O–H groups in total. The quantitative estimate of drug-likeness (QED) is 0.389. The van der Waals surface area contributed by atoms with Crippen LogP contribution in [-0.2, 0) is 4.79 Å². The van der Waals surface area contributed by atoms with E-state index in [2.05, 4.69) is 5.32 Å². The maximum Gasteiger partial charge on any atom is 0.269 e. The molecule has 0 atom stereocenters. The Morgan fingerprint density at radius 2 is 1.77 bits per heavy atom. The largest absolute Gasteiger partial charge is 0.322 e. The number of para-hydroxylation sites is 1. The Hall–Kier alpha value is -2.67. The van der Waals surface area contributed by atoms with Gasteiger partial charge in [0.05, 0.1) is 4.92 Å². The van der Waals surface area contributed by atoms with Crippen molar-refractivity contribution in [1.29, 1.82) is 0 Å². The summed E-state index contributed by atoms with van der Waals surface area (Å²) in [5, 5.41) is 12.3. The predicted molar refractivity (Wildman–Crippen MR) is 83.2 cm³/mol. The lowest BCUT2D eigenvalue weighted by Gasteiger charge is -2.02. The number of halogens is 1. The van der Waals surface area contributed by atoms with Crippen LogP contribution in [0.15, 0.2) is 70.7 Å². The highest BCUT2D eigenvalue weighted by Crippen LogP contribution is 2.28. The van der Waals surface area contributed by atoms with Crippen LogP contribution in [-0.4, -0.2) is 10.8 Å². The molecular formula is C15H11FN2O3S. The monoisotopic (exact) mass is 318 g/mol. The van der Waals surface area contributed by atoms with E-state index in [1.54, 1.807) is 30.3 Å². The van der Waals surface area contributed by atoms with Gasteiger partial charge in [-0.05, 0) is 24.3 Å². The van der Waals surface area contributed by atoms with Crippen molar-refractivity contribution in [2.75, 3.05) is 5.32 Å². The molecule has 2 rings (SSSR count). The summed E-state index contributed by atoms with van der Waals surface area (Å²) in [6, 6.07) is 14.1. The number of rotatable bonds is 5. The first-order valence-corrected chi connectivity index (χ1v) is 7.02. The second-order valence-corrected chi connectivity index (χ2v) is 5.22. The third-order valence-electron chi connectivity index (χ3n) is 2.55. The summed E-state index contributed by atoms with van der Waals surface area (Å²) in [5.74, 6) is -0.585. The number of nitrogens with zero attached hydrogens (tertiary/aromatic N) is 1. The smallest absolute Gasteiger partial charge is 0.269 e. The van der Waals surface area contributed by atoms with Gasteiger partial charge in [-0.3, -0.25) is 14.9 Å². The molecule has 0 aliphatic rings. The number of anilines is 1. The number of non-ortho nitro benzene ring substituents is 1. The molecule has 5 nitrogen and oxygen atoms in total. The van der Waals surface area contributed by atoms with Crippen molar-refractivity contribution in [3.63, 3.8) is 0 Å². The highest BCUT2D eigenvalue weighted by molar-refractivity contribution is 8.02. The lowest BCUT2D eigenvalue weighted by Crippen LogP contribution is -2.07. The van der Waals surface area contributed by atoms with Crippen LogP contribution in [0.5, 0.6) is 0 Å². The number of nitrogens with one attached hydrogen (secondary N) is 1. The van der Waals surface area contributed by atoms with Crippen molar-refractivity contribution < 1.29 is 14.1 Å². The van der Waals surface area contributed by atoms with Crippen molar-refractivity contribution in [2.45, 2.75) is 4.90 Å². The van der Waals surface area contributed by atoms with Crippen LogP contribution in [0, 0.1) is 10.1 Å². The second-order valence-electron chi connectivity index (χ2n) is 4.16. The number of carbonyl (C=O) groups is 1. The Balaban J connectivity index is 1.97. The van der Waals surface area contributed by atoms with Crippen molar-refractivity contribution >= 4 is 29.0 Å². The van der Waals surface area contributed by atoms with Crippen LogP contribution in [0.25, 0.3) is 0 Å². The predicted octanol–water partition coefficient (Wildman–Crippen LogP) is 4.14. The molecule has 0 saturated carbocycles. The second kappa shape index (κ2) is 7.37. The lowest BCUT2D eigenvalue weighted by atomic mass is 10.3. The van der Waals surface area contributed by atoms with E-state index in [4.69, 9.17) is 0 Å². The van der Waals surface area contributed by atoms with Crippen LogP contribution >= 0.6 is 11.8 Å². The van der Waals surface area contributed by atoms with E-state index in [-0.39, 0.29) is 5.69 Å². The van der Waals surface area contributed by atoms with Crippen molar-refractivity contribution in [1.82, 2.24) is 0 Å². The van der Waals surface area contributed by atoms with Gasteiger partial charge in [-0.25, -0.2) is 0 Å². The number of nitro benzene ring substituents is 1. The normalized spacial score (nSPS) is 11.0. The van der Waals surface area contributed by atoms with E-state index in [1.807, 2.05) is 0 Å². The maximum atomic E-state index is 13.7. The molecule has 7 heteroatoms. The molecule has 2 aromatic carbocycles. The Kier molecular flexibility index (Phi) is 5.26. The van der Waals surface area contributed by atoms with Gasteiger partial charge in [0.15, 0.2) is 5.16 Å². The number of hydrogen-bond acceptors (Lipinski definition) is 4. The van der Waals surface area contributed by atoms with Crippen molar-refractivity contribution in [3.8, 4) is 0 Å². The Morgan fingerprint density at radius 1 is 1.14 bits per heavy atom. The lowest BCUT2D eigenvalue weighted by molar-refractivity contribution is -0.384. The van der Waals surface area contributed by atoms with Crippen LogP contribution < -0.4 is 5.32 Å². The molecule has 112 valence electrons. The minimum atomic E-state index is -0.706.